The maximum absolute atomic E-state index is 12.0. The van der Waals surface area contributed by atoms with Crippen LogP contribution in [0.3, 0.4) is 0 Å². The monoisotopic (exact) mass is 347 g/mol. The summed E-state index contributed by atoms with van der Waals surface area (Å²) in [5.74, 6) is 7.49. The van der Waals surface area contributed by atoms with Crippen molar-refractivity contribution in [2.45, 2.75) is 43.2 Å². The van der Waals surface area contributed by atoms with Crippen molar-refractivity contribution in [2.24, 2.45) is 0 Å². The number of hydrogen-bond acceptors (Lipinski definition) is 6. The maximum atomic E-state index is 12.0. The predicted octanol–water partition coefficient (Wildman–Crippen LogP) is 2.48. The molecule has 0 unspecified atom stereocenters. The van der Waals surface area contributed by atoms with Crippen molar-refractivity contribution in [1.29, 1.82) is 0 Å². The second-order valence-electron chi connectivity index (χ2n) is 5.93. The minimum atomic E-state index is -0.159. The number of nitrogen functional groups attached to an aromatic ring is 1. The van der Waals surface area contributed by atoms with E-state index in [-0.39, 0.29) is 17.4 Å². The lowest BCUT2D eigenvalue weighted by atomic mass is 9.89. The van der Waals surface area contributed by atoms with Crippen molar-refractivity contribution >= 4 is 23.4 Å². The molecule has 3 rings (SSSR count). The molecule has 128 valence electrons. The largest absolute Gasteiger partial charge is 0.508 e. The zero-order chi connectivity index (χ0) is 16.9. The number of nitrogens with two attached hydrogens (primary N) is 1. The van der Waals surface area contributed by atoms with Gasteiger partial charge in [-0.25, -0.2) is 4.68 Å². The number of phenolic OH excluding ortho intramolecular Hbond substituents is 1. The third-order valence-corrected chi connectivity index (χ3v) is 5.09. The average Bonchev–Trinajstić information content (AvgIpc) is 2.97. The van der Waals surface area contributed by atoms with Crippen molar-refractivity contribution in [3.8, 4) is 5.75 Å². The van der Waals surface area contributed by atoms with E-state index in [0.717, 1.165) is 18.7 Å². The van der Waals surface area contributed by atoms with Gasteiger partial charge in [-0.1, -0.05) is 31.0 Å². The van der Waals surface area contributed by atoms with Gasteiger partial charge in [-0.15, -0.1) is 10.2 Å². The number of nitrogens with zero attached hydrogens (tertiary/aromatic N) is 3. The van der Waals surface area contributed by atoms with Crippen LogP contribution >= 0.6 is 11.8 Å². The van der Waals surface area contributed by atoms with E-state index in [1.807, 2.05) is 0 Å². The summed E-state index contributed by atoms with van der Waals surface area (Å²) < 4.78 is 1.52. The molecule has 0 bridgehead atoms. The van der Waals surface area contributed by atoms with Crippen molar-refractivity contribution in [3.63, 3.8) is 0 Å². The fourth-order valence-electron chi connectivity index (χ4n) is 2.90. The number of carbonyl (C=O) groups excluding carboxylic acids is 1. The smallest absolute Gasteiger partial charge is 0.234 e. The van der Waals surface area contributed by atoms with Gasteiger partial charge in [0.15, 0.2) is 5.82 Å². The van der Waals surface area contributed by atoms with Crippen LogP contribution < -0.4 is 11.2 Å². The number of thioether (sulfide) groups is 1. The summed E-state index contributed by atoms with van der Waals surface area (Å²) in [6.07, 6.45) is 5.88. The molecule has 0 aliphatic heterocycles. The molecule has 0 atom stereocenters. The SMILES string of the molecule is Nn1c(SCC(=O)Nc2ccc(O)cc2)nnc1C1CCCCC1. The van der Waals surface area contributed by atoms with Crippen LogP contribution in [0.5, 0.6) is 5.75 Å². The van der Waals surface area contributed by atoms with Crippen molar-refractivity contribution < 1.29 is 9.90 Å². The Kier molecular flexibility index (Phi) is 5.24. The van der Waals surface area contributed by atoms with E-state index >= 15 is 0 Å². The number of aromatic hydroxyl groups is 1. The van der Waals surface area contributed by atoms with Crippen LogP contribution in [-0.2, 0) is 4.79 Å². The highest BCUT2D eigenvalue weighted by Gasteiger charge is 2.22. The van der Waals surface area contributed by atoms with E-state index in [0.29, 0.717) is 16.8 Å². The number of phenols is 1. The van der Waals surface area contributed by atoms with Crippen LogP contribution in [0.15, 0.2) is 29.4 Å². The number of anilines is 1. The minimum absolute atomic E-state index is 0.159. The fraction of sp³-hybridized carbons (Fsp3) is 0.438. The highest BCUT2D eigenvalue weighted by Crippen LogP contribution is 2.32. The van der Waals surface area contributed by atoms with Gasteiger partial charge in [-0.2, -0.15) is 0 Å². The summed E-state index contributed by atoms with van der Waals surface area (Å²) >= 11 is 1.27. The summed E-state index contributed by atoms with van der Waals surface area (Å²) in [5, 5.41) is 20.9. The first-order chi connectivity index (χ1) is 11.6. The highest BCUT2D eigenvalue weighted by molar-refractivity contribution is 7.99. The molecule has 1 heterocycles. The molecule has 24 heavy (non-hydrogen) atoms. The zero-order valence-electron chi connectivity index (χ0n) is 13.3. The topological polar surface area (TPSA) is 106 Å². The Bertz CT molecular complexity index is 695. The summed E-state index contributed by atoms with van der Waals surface area (Å²) in [6, 6.07) is 6.33. The minimum Gasteiger partial charge on any atom is -0.508 e. The molecule has 1 aliphatic carbocycles. The van der Waals surface area contributed by atoms with Gasteiger partial charge in [-0.3, -0.25) is 4.79 Å². The molecule has 1 aromatic carbocycles. The lowest BCUT2D eigenvalue weighted by molar-refractivity contribution is -0.113. The van der Waals surface area contributed by atoms with Crippen LogP contribution in [0.2, 0.25) is 0 Å². The normalized spacial score (nSPS) is 15.3. The Labute approximate surface area is 144 Å². The second kappa shape index (κ2) is 7.57. The quantitative estimate of drug-likeness (QED) is 0.436. The lowest BCUT2D eigenvalue weighted by Crippen LogP contribution is -2.19. The number of amides is 1. The van der Waals surface area contributed by atoms with Crippen LogP contribution in [0.1, 0.15) is 43.8 Å². The van der Waals surface area contributed by atoms with Gasteiger partial charge >= 0.3 is 0 Å². The summed E-state index contributed by atoms with van der Waals surface area (Å²) in [5.41, 5.74) is 0.635. The average molecular weight is 347 g/mol. The molecule has 4 N–H and O–H groups in total. The first-order valence-electron chi connectivity index (χ1n) is 8.05. The van der Waals surface area contributed by atoms with Crippen molar-refractivity contribution in [2.75, 3.05) is 16.9 Å². The summed E-state index contributed by atoms with van der Waals surface area (Å²) in [7, 11) is 0. The van der Waals surface area contributed by atoms with E-state index < -0.39 is 0 Å². The predicted molar refractivity (Wildman–Crippen MR) is 93.5 cm³/mol. The summed E-state index contributed by atoms with van der Waals surface area (Å²) in [6.45, 7) is 0. The molecule has 1 saturated carbocycles. The van der Waals surface area contributed by atoms with Crippen LogP contribution in [-0.4, -0.2) is 31.6 Å². The number of benzene rings is 1. The van der Waals surface area contributed by atoms with Gasteiger partial charge in [0.05, 0.1) is 5.75 Å². The van der Waals surface area contributed by atoms with E-state index in [1.165, 1.54) is 47.8 Å². The molecular weight excluding hydrogens is 326 g/mol. The van der Waals surface area contributed by atoms with Crippen molar-refractivity contribution in [3.05, 3.63) is 30.1 Å². The Morgan fingerprint density at radius 1 is 1.25 bits per heavy atom. The number of rotatable bonds is 5. The molecule has 1 fully saturated rings. The van der Waals surface area contributed by atoms with E-state index in [2.05, 4.69) is 15.5 Å². The molecule has 8 heteroatoms. The molecule has 0 radical (unpaired) electrons. The molecule has 1 aliphatic rings. The molecular formula is C16H21N5O2S. The Morgan fingerprint density at radius 3 is 2.67 bits per heavy atom. The van der Waals surface area contributed by atoms with Gasteiger partial charge in [0, 0.05) is 11.6 Å². The number of carbonyl (C=O) groups is 1. The molecule has 1 aromatic heterocycles. The number of hydrogen-bond donors (Lipinski definition) is 3. The van der Waals surface area contributed by atoms with Gasteiger partial charge in [-0.05, 0) is 37.1 Å². The van der Waals surface area contributed by atoms with Crippen LogP contribution in [0.25, 0.3) is 0 Å². The first kappa shape index (κ1) is 16.6. The Hall–Kier alpha value is -2.22. The Morgan fingerprint density at radius 2 is 1.96 bits per heavy atom. The second-order valence-corrected chi connectivity index (χ2v) is 6.87. The van der Waals surface area contributed by atoms with Gasteiger partial charge < -0.3 is 16.3 Å². The van der Waals surface area contributed by atoms with E-state index in [9.17, 15) is 9.90 Å². The molecule has 1 amide bonds. The van der Waals surface area contributed by atoms with Crippen LogP contribution in [0, 0.1) is 0 Å². The van der Waals surface area contributed by atoms with Gasteiger partial charge in [0.1, 0.15) is 5.75 Å². The lowest BCUT2D eigenvalue weighted by Gasteiger charge is -2.20. The molecule has 0 spiro atoms. The number of nitrogens with one attached hydrogen (secondary N) is 1. The molecule has 7 nitrogen and oxygen atoms in total. The first-order valence-corrected chi connectivity index (χ1v) is 9.04. The fourth-order valence-corrected chi connectivity index (χ4v) is 3.56. The van der Waals surface area contributed by atoms with Gasteiger partial charge in [0.2, 0.25) is 11.1 Å². The van der Waals surface area contributed by atoms with E-state index in [1.54, 1.807) is 12.1 Å². The molecule has 0 saturated heterocycles. The highest BCUT2D eigenvalue weighted by atomic mass is 32.2. The standard InChI is InChI=1S/C16H21N5O2S/c17-21-15(11-4-2-1-3-5-11)19-20-16(21)24-10-14(23)18-12-6-8-13(22)9-7-12/h6-9,11,22H,1-5,10,17H2,(H,18,23). The molecule has 2 aromatic rings. The number of aromatic nitrogens is 3. The maximum Gasteiger partial charge on any atom is 0.234 e. The zero-order valence-corrected chi connectivity index (χ0v) is 14.1. The third-order valence-electron chi connectivity index (χ3n) is 4.14. The van der Waals surface area contributed by atoms with Crippen molar-refractivity contribution in [1.82, 2.24) is 14.9 Å². The third kappa shape index (κ3) is 4.00. The Balaban J connectivity index is 1.55. The van der Waals surface area contributed by atoms with Gasteiger partial charge in [0.25, 0.3) is 0 Å². The van der Waals surface area contributed by atoms with E-state index in [4.69, 9.17) is 5.84 Å². The van der Waals surface area contributed by atoms with Crippen LogP contribution in [0.4, 0.5) is 5.69 Å². The summed E-state index contributed by atoms with van der Waals surface area (Å²) in [4.78, 5) is 12.0.